The molecular formula is C13H15N3O. The van der Waals surface area contributed by atoms with E-state index in [1.54, 1.807) is 18.5 Å². The molecule has 1 fully saturated rings. The van der Waals surface area contributed by atoms with Crippen LogP contribution in [0.4, 0.5) is 0 Å². The predicted octanol–water partition coefficient (Wildman–Crippen LogP) is 1.81. The zero-order valence-electron chi connectivity index (χ0n) is 9.81. The first-order valence-corrected chi connectivity index (χ1v) is 5.83. The minimum absolute atomic E-state index is 0.00647. The Bertz CT molecular complexity index is 464. The fourth-order valence-corrected chi connectivity index (χ4v) is 2.22. The van der Waals surface area contributed by atoms with Crippen molar-refractivity contribution in [2.75, 3.05) is 0 Å². The number of amides is 1. The van der Waals surface area contributed by atoms with E-state index < -0.39 is 0 Å². The first kappa shape index (κ1) is 11.6. The Morgan fingerprint density at radius 3 is 3.06 bits per heavy atom. The molecule has 1 N–H and O–H groups in total. The summed E-state index contributed by atoms with van der Waals surface area (Å²) in [6.45, 7) is 1.90. The highest BCUT2D eigenvalue weighted by Crippen LogP contribution is 2.25. The van der Waals surface area contributed by atoms with Gasteiger partial charge in [-0.3, -0.25) is 9.78 Å². The second kappa shape index (κ2) is 4.96. The molecule has 1 saturated carbocycles. The van der Waals surface area contributed by atoms with Gasteiger partial charge in [-0.2, -0.15) is 5.26 Å². The summed E-state index contributed by atoms with van der Waals surface area (Å²) in [4.78, 5) is 15.9. The smallest absolute Gasteiger partial charge is 0.253 e. The third-order valence-electron chi connectivity index (χ3n) is 3.14. The van der Waals surface area contributed by atoms with Crippen LogP contribution in [0, 0.1) is 24.2 Å². The molecule has 2 rings (SSSR count). The zero-order valence-corrected chi connectivity index (χ0v) is 9.81. The molecule has 17 heavy (non-hydrogen) atoms. The monoisotopic (exact) mass is 229 g/mol. The molecule has 1 aliphatic carbocycles. The molecule has 4 heteroatoms. The van der Waals surface area contributed by atoms with Crippen LogP contribution in [0.25, 0.3) is 0 Å². The lowest BCUT2D eigenvalue weighted by Crippen LogP contribution is -2.36. The first-order valence-electron chi connectivity index (χ1n) is 5.83. The summed E-state index contributed by atoms with van der Waals surface area (Å²) in [6.07, 6.45) is 6.05. The van der Waals surface area contributed by atoms with Gasteiger partial charge < -0.3 is 5.32 Å². The molecule has 0 spiro atoms. The lowest BCUT2D eigenvalue weighted by molar-refractivity contribution is 0.0932. The normalized spacial score (nSPS) is 23.1. The van der Waals surface area contributed by atoms with Crippen molar-refractivity contribution in [1.82, 2.24) is 10.3 Å². The Morgan fingerprint density at radius 2 is 2.35 bits per heavy atom. The van der Waals surface area contributed by atoms with E-state index in [4.69, 9.17) is 5.26 Å². The molecule has 0 bridgehead atoms. The van der Waals surface area contributed by atoms with Gasteiger partial charge in [-0.05, 0) is 37.8 Å². The van der Waals surface area contributed by atoms with Gasteiger partial charge in [0.05, 0.1) is 17.6 Å². The number of hydrogen-bond donors (Lipinski definition) is 1. The Labute approximate surface area is 101 Å². The molecule has 1 amide bonds. The van der Waals surface area contributed by atoms with E-state index in [2.05, 4.69) is 16.4 Å². The second-order valence-corrected chi connectivity index (χ2v) is 4.50. The fraction of sp³-hybridized carbons (Fsp3) is 0.462. The number of nitrogens with zero attached hydrogens (tertiary/aromatic N) is 2. The molecule has 0 aliphatic heterocycles. The summed E-state index contributed by atoms with van der Waals surface area (Å²) in [5, 5.41) is 11.9. The van der Waals surface area contributed by atoms with Crippen molar-refractivity contribution in [1.29, 1.82) is 5.26 Å². The number of aromatic nitrogens is 1. The molecule has 2 unspecified atom stereocenters. The molecular weight excluding hydrogens is 214 g/mol. The van der Waals surface area contributed by atoms with Gasteiger partial charge >= 0.3 is 0 Å². The average molecular weight is 229 g/mol. The van der Waals surface area contributed by atoms with Crippen LogP contribution in [0.2, 0.25) is 0 Å². The summed E-state index contributed by atoms with van der Waals surface area (Å²) >= 11 is 0. The summed E-state index contributed by atoms with van der Waals surface area (Å²) < 4.78 is 0. The number of rotatable bonds is 2. The molecule has 1 aromatic heterocycles. The van der Waals surface area contributed by atoms with Gasteiger partial charge in [-0.1, -0.05) is 0 Å². The van der Waals surface area contributed by atoms with Crippen molar-refractivity contribution in [3.8, 4) is 6.07 Å². The summed E-state index contributed by atoms with van der Waals surface area (Å²) in [6, 6.07) is 4.05. The van der Waals surface area contributed by atoms with E-state index in [-0.39, 0.29) is 17.9 Å². The Balaban J connectivity index is 2.05. The van der Waals surface area contributed by atoms with Crippen LogP contribution in [0.15, 0.2) is 18.5 Å². The number of carbonyl (C=O) groups excluding carboxylic acids is 1. The molecule has 88 valence electrons. The third-order valence-corrected chi connectivity index (χ3v) is 3.14. The number of carbonyl (C=O) groups is 1. The van der Waals surface area contributed by atoms with Gasteiger partial charge in [0.2, 0.25) is 0 Å². The number of pyridine rings is 1. The largest absolute Gasteiger partial charge is 0.348 e. The minimum Gasteiger partial charge on any atom is -0.348 e. The van der Waals surface area contributed by atoms with Crippen LogP contribution in [0.3, 0.4) is 0 Å². The van der Waals surface area contributed by atoms with Crippen LogP contribution < -0.4 is 5.32 Å². The van der Waals surface area contributed by atoms with E-state index in [1.165, 1.54) is 0 Å². The Hall–Kier alpha value is -1.89. The first-order chi connectivity index (χ1) is 8.20. The number of nitriles is 1. The number of aryl methyl sites for hydroxylation is 1. The number of nitrogens with one attached hydrogen (secondary N) is 1. The maximum absolute atomic E-state index is 12.0. The molecule has 0 saturated heterocycles. The highest BCUT2D eigenvalue weighted by atomic mass is 16.1. The van der Waals surface area contributed by atoms with Crippen molar-refractivity contribution >= 4 is 5.91 Å². The molecule has 1 aromatic rings. The van der Waals surface area contributed by atoms with Gasteiger partial charge in [0, 0.05) is 18.4 Å². The standard InChI is InChI=1S/C13H15N3O/c1-9-5-11(8-15-7-9)13(17)16-12-4-2-3-10(12)6-14/h5,7-8,10,12H,2-4H2,1H3,(H,16,17). The molecule has 2 atom stereocenters. The fourth-order valence-electron chi connectivity index (χ4n) is 2.22. The predicted molar refractivity (Wildman–Crippen MR) is 63.2 cm³/mol. The van der Waals surface area contributed by atoms with Gasteiger partial charge in [0.1, 0.15) is 0 Å². The van der Waals surface area contributed by atoms with Crippen molar-refractivity contribution in [3.63, 3.8) is 0 Å². The minimum atomic E-state index is -0.131. The zero-order chi connectivity index (χ0) is 12.3. The van der Waals surface area contributed by atoms with E-state index in [9.17, 15) is 4.79 Å². The van der Waals surface area contributed by atoms with E-state index >= 15 is 0 Å². The third kappa shape index (κ3) is 2.62. The second-order valence-electron chi connectivity index (χ2n) is 4.50. The summed E-state index contributed by atoms with van der Waals surface area (Å²) in [7, 11) is 0. The summed E-state index contributed by atoms with van der Waals surface area (Å²) in [5.41, 5.74) is 1.52. The van der Waals surface area contributed by atoms with E-state index in [0.717, 1.165) is 24.8 Å². The van der Waals surface area contributed by atoms with Gasteiger partial charge in [-0.25, -0.2) is 0 Å². The van der Waals surface area contributed by atoms with Crippen LogP contribution in [0.1, 0.15) is 35.2 Å². The van der Waals surface area contributed by atoms with Crippen molar-refractivity contribution in [2.45, 2.75) is 32.2 Å². The molecule has 1 aliphatic rings. The highest BCUT2D eigenvalue weighted by molar-refractivity contribution is 5.94. The van der Waals surface area contributed by atoms with Crippen LogP contribution >= 0.6 is 0 Å². The summed E-state index contributed by atoms with van der Waals surface area (Å²) in [5.74, 6) is -0.176. The molecule has 0 aromatic carbocycles. The highest BCUT2D eigenvalue weighted by Gasteiger charge is 2.28. The van der Waals surface area contributed by atoms with Gasteiger partial charge in [-0.15, -0.1) is 0 Å². The molecule has 1 heterocycles. The maximum Gasteiger partial charge on any atom is 0.253 e. The van der Waals surface area contributed by atoms with Crippen molar-refractivity contribution < 1.29 is 4.79 Å². The quantitative estimate of drug-likeness (QED) is 0.841. The Kier molecular flexibility index (Phi) is 3.38. The lowest BCUT2D eigenvalue weighted by Gasteiger charge is -2.15. The van der Waals surface area contributed by atoms with Gasteiger partial charge in [0.15, 0.2) is 0 Å². The molecule has 0 radical (unpaired) electrons. The van der Waals surface area contributed by atoms with Gasteiger partial charge in [0.25, 0.3) is 5.91 Å². The maximum atomic E-state index is 12.0. The van der Waals surface area contributed by atoms with Crippen LogP contribution in [0.5, 0.6) is 0 Å². The van der Waals surface area contributed by atoms with E-state index in [0.29, 0.717) is 5.56 Å². The topological polar surface area (TPSA) is 65.8 Å². The van der Waals surface area contributed by atoms with Crippen molar-refractivity contribution in [3.05, 3.63) is 29.6 Å². The Morgan fingerprint density at radius 1 is 1.53 bits per heavy atom. The van der Waals surface area contributed by atoms with Crippen molar-refractivity contribution in [2.24, 2.45) is 5.92 Å². The van der Waals surface area contributed by atoms with E-state index in [1.807, 2.05) is 6.92 Å². The average Bonchev–Trinajstić information content (AvgIpc) is 2.76. The lowest BCUT2D eigenvalue weighted by atomic mass is 10.1. The number of hydrogen-bond acceptors (Lipinski definition) is 3. The van der Waals surface area contributed by atoms with Crippen LogP contribution in [-0.2, 0) is 0 Å². The van der Waals surface area contributed by atoms with Crippen LogP contribution in [-0.4, -0.2) is 16.9 Å². The molecule has 4 nitrogen and oxygen atoms in total. The SMILES string of the molecule is Cc1cncc(C(=O)NC2CCCC2C#N)c1.